The molecule has 5 heteroatoms. The fourth-order valence-corrected chi connectivity index (χ4v) is 3.05. The number of rotatable bonds is 5. The second-order valence-electron chi connectivity index (χ2n) is 6.32. The Morgan fingerprint density at radius 3 is 2.59 bits per heavy atom. The summed E-state index contributed by atoms with van der Waals surface area (Å²) in [5, 5.41) is 0. The standard InChI is InChI=1S/C22H21FN2O2/c1-15-12-18(23)8-9-20(15)25(14-17-6-4-5-7-21(17)27-3)22(26)19-10-11-24-13-16(19)2/h4-13H,14H2,1-3H3. The fourth-order valence-electron chi connectivity index (χ4n) is 3.05. The van der Waals surface area contributed by atoms with Crippen molar-refractivity contribution in [3.8, 4) is 5.75 Å². The van der Waals surface area contributed by atoms with Crippen LogP contribution in [0.25, 0.3) is 0 Å². The van der Waals surface area contributed by atoms with E-state index < -0.39 is 0 Å². The average Bonchev–Trinajstić information content (AvgIpc) is 2.67. The minimum atomic E-state index is -0.332. The number of halogens is 1. The van der Waals surface area contributed by atoms with E-state index in [9.17, 15) is 9.18 Å². The van der Waals surface area contributed by atoms with Crippen LogP contribution in [0.15, 0.2) is 60.9 Å². The summed E-state index contributed by atoms with van der Waals surface area (Å²) in [6.45, 7) is 3.94. The summed E-state index contributed by atoms with van der Waals surface area (Å²) in [6, 6.07) is 13.7. The SMILES string of the molecule is COc1ccccc1CN(C(=O)c1ccncc1C)c1ccc(F)cc1C. The molecule has 0 spiro atoms. The molecule has 2 aromatic carbocycles. The van der Waals surface area contributed by atoms with Crippen LogP contribution in [-0.4, -0.2) is 18.0 Å². The Morgan fingerprint density at radius 2 is 1.89 bits per heavy atom. The molecule has 0 aliphatic carbocycles. The van der Waals surface area contributed by atoms with E-state index in [4.69, 9.17) is 4.74 Å². The number of aromatic nitrogens is 1. The van der Waals surface area contributed by atoms with Gasteiger partial charge in [-0.05, 0) is 55.3 Å². The van der Waals surface area contributed by atoms with Gasteiger partial charge in [0.15, 0.2) is 0 Å². The first-order chi connectivity index (χ1) is 13.0. The second-order valence-corrected chi connectivity index (χ2v) is 6.32. The van der Waals surface area contributed by atoms with Crippen molar-refractivity contribution in [2.24, 2.45) is 0 Å². The van der Waals surface area contributed by atoms with E-state index in [-0.39, 0.29) is 11.7 Å². The molecule has 0 aliphatic rings. The highest BCUT2D eigenvalue weighted by atomic mass is 19.1. The van der Waals surface area contributed by atoms with E-state index in [0.717, 1.165) is 11.1 Å². The molecule has 0 unspecified atom stereocenters. The van der Waals surface area contributed by atoms with E-state index in [2.05, 4.69) is 4.98 Å². The quantitative estimate of drug-likeness (QED) is 0.659. The van der Waals surface area contributed by atoms with Crippen LogP contribution in [0.5, 0.6) is 5.75 Å². The Bertz CT molecular complexity index is 972. The lowest BCUT2D eigenvalue weighted by Gasteiger charge is -2.26. The molecule has 1 aromatic heterocycles. The van der Waals surface area contributed by atoms with Crippen molar-refractivity contribution in [2.45, 2.75) is 20.4 Å². The minimum absolute atomic E-state index is 0.171. The van der Waals surface area contributed by atoms with Gasteiger partial charge in [0, 0.05) is 29.2 Å². The van der Waals surface area contributed by atoms with Gasteiger partial charge in [0.25, 0.3) is 5.91 Å². The summed E-state index contributed by atoms with van der Waals surface area (Å²) in [7, 11) is 1.60. The lowest BCUT2D eigenvalue weighted by Crippen LogP contribution is -2.31. The zero-order valence-electron chi connectivity index (χ0n) is 15.6. The maximum atomic E-state index is 13.6. The molecule has 0 bridgehead atoms. The topological polar surface area (TPSA) is 42.4 Å². The molecule has 4 nitrogen and oxygen atoms in total. The highest BCUT2D eigenvalue weighted by molar-refractivity contribution is 6.07. The molecule has 0 fully saturated rings. The zero-order valence-corrected chi connectivity index (χ0v) is 15.6. The van der Waals surface area contributed by atoms with E-state index in [0.29, 0.717) is 29.1 Å². The average molecular weight is 364 g/mol. The van der Waals surface area contributed by atoms with Gasteiger partial charge in [-0.3, -0.25) is 9.78 Å². The third-order valence-electron chi connectivity index (χ3n) is 4.47. The molecular weight excluding hydrogens is 343 g/mol. The van der Waals surface area contributed by atoms with Gasteiger partial charge in [-0.15, -0.1) is 0 Å². The van der Waals surface area contributed by atoms with Gasteiger partial charge in [0.2, 0.25) is 0 Å². The van der Waals surface area contributed by atoms with E-state index in [1.807, 2.05) is 31.2 Å². The Labute approximate surface area is 158 Å². The summed E-state index contributed by atoms with van der Waals surface area (Å²) < 4.78 is 19.0. The van der Waals surface area contributed by atoms with Crippen molar-refractivity contribution in [2.75, 3.05) is 12.0 Å². The maximum Gasteiger partial charge on any atom is 0.258 e. The van der Waals surface area contributed by atoms with Crippen molar-refractivity contribution < 1.29 is 13.9 Å². The minimum Gasteiger partial charge on any atom is -0.496 e. The van der Waals surface area contributed by atoms with Gasteiger partial charge >= 0.3 is 0 Å². The van der Waals surface area contributed by atoms with Crippen LogP contribution in [0.3, 0.4) is 0 Å². The van der Waals surface area contributed by atoms with Gasteiger partial charge in [0.1, 0.15) is 11.6 Å². The first kappa shape index (κ1) is 18.6. The first-order valence-corrected chi connectivity index (χ1v) is 8.61. The number of hydrogen-bond acceptors (Lipinski definition) is 3. The maximum absolute atomic E-state index is 13.6. The number of benzene rings is 2. The third kappa shape index (κ3) is 3.97. The molecule has 0 saturated heterocycles. The number of aryl methyl sites for hydroxylation is 2. The molecule has 0 saturated carbocycles. The van der Waals surface area contributed by atoms with Crippen LogP contribution >= 0.6 is 0 Å². The zero-order chi connectivity index (χ0) is 19.4. The van der Waals surface area contributed by atoms with Crippen molar-refractivity contribution in [3.05, 3.63) is 89.0 Å². The number of nitrogens with zero attached hydrogens (tertiary/aromatic N) is 2. The van der Waals surface area contributed by atoms with E-state index in [1.54, 1.807) is 43.5 Å². The summed E-state index contributed by atoms with van der Waals surface area (Å²) in [5.41, 5.74) is 3.55. The van der Waals surface area contributed by atoms with E-state index >= 15 is 0 Å². The normalized spacial score (nSPS) is 10.5. The molecule has 0 N–H and O–H groups in total. The van der Waals surface area contributed by atoms with Crippen LogP contribution in [0, 0.1) is 19.7 Å². The second kappa shape index (κ2) is 7.99. The Kier molecular flexibility index (Phi) is 5.50. The molecule has 27 heavy (non-hydrogen) atoms. The van der Waals surface area contributed by atoms with Crippen molar-refractivity contribution in [3.63, 3.8) is 0 Å². The van der Waals surface area contributed by atoms with Gasteiger partial charge in [-0.2, -0.15) is 0 Å². The number of carbonyl (C=O) groups excluding carboxylic acids is 1. The number of ether oxygens (including phenoxy) is 1. The molecule has 3 rings (SSSR count). The van der Waals surface area contributed by atoms with E-state index in [1.165, 1.54) is 12.1 Å². The van der Waals surface area contributed by atoms with Crippen molar-refractivity contribution >= 4 is 11.6 Å². The summed E-state index contributed by atoms with van der Waals surface area (Å²) >= 11 is 0. The number of pyridine rings is 1. The van der Waals surface area contributed by atoms with Gasteiger partial charge in [-0.1, -0.05) is 18.2 Å². The third-order valence-corrected chi connectivity index (χ3v) is 4.47. The fraction of sp³-hybridized carbons (Fsp3) is 0.182. The molecule has 1 amide bonds. The lowest BCUT2D eigenvalue weighted by molar-refractivity contribution is 0.0984. The number of hydrogen-bond donors (Lipinski definition) is 0. The van der Waals surface area contributed by atoms with Crippen molar-refractivity contribution in [1.82, 2.24) is 4.98 Å². The van der Waals surface area contributed by atoms with Gasteiger partial charge in [0.05, 0.1) is 13.7 Å². The predicted molar refractivity (Wildman–Crippen MR) is 104 cm³/mol. The van der Waals surface area contributed by atoms with Gasteiger partial charge < -0.3 is 9.64 Å². The number of carbonyl (C=O) groups is 1. The summed E-state index contributed by atoms with van der Waals surface area (Å²) in [4.78, 5) is 19.1. The monoisotopic (exact) mass is 364 g/mol. The summed E-state index contributed by atoms with van der Waals surface area (Å²) in [6.07, 6.45) is 3.26. The first-order valence-electron chi connectivity index (χ1n) is 8.61. The highest BCUT2D eigenvalue weighted by Crippen LogP contribution is 2.28. The van der Waals surface area contributed by atoms with Crippen LogP contribution in [0.1, 0.15) is 27.0 Å². The predicted octanol–water partition coefficient (Wildman–Crippen LogP) is 4.69. The van der Waals surface area contributed by atoms with Crippen LogP contribution in [-0.2, 0) is 6.54 Å². The number of methoxy groups -OCH3 is 1. The largest absolute Gasteiger partial charge is 0.496 e. The molecule has 0 radical (unpaired) electrons. The molecular formula is C22H21FN2O2. The Balaban J connectivity index is 2.09. The number of para-hydroxylation sites is 1. The highest BCUT2D eigenvalue weighted by Gasteiger charge is 2.22. The van der Waals surface area contributed by atoms with Gasteiger partial charge in [-0.25, -0.2) is 4.39 Å². The van der Waals surface area contributed by atoms with Crippen molar-refractivity contribution in [1.29, 1.82) is 0 Å². The Hall–Kier alpha value is -3.21. The molecule has 3 aromatic rings. The molecule has 0 atom stereocenters. The van der Waals surface area contributed by atoms with Crippen LogP contribution in [0.4, 0.5) is 10.1 Å². The number of amides is 1. The smallest absolute Gasteiger partial charge is 0.258 e. The summed E-state index contributed by atoms with van der Waals surface area (Å²) in [5.74, 6) is 0.193. The molecule has 1 heterocycles. The molecule has 138 valence electrons. The Morgan fingerprint density at radius 1 is 1.11 bits per heavy atom. The molecule has 0 aliphatic heterocycles. The van der Waals surface area contributed by atoms with Crippen LogP contribution < -0.4 is 9.64 Å². The lowest BCUT2D eigenvalue weighted by atomic mass is 10.1. The van der Waals surface area contributed by atoms with Crippen LogP contribution in [0.2, 0.25) is 0 Å². The number of anilines is 1.